The van der Waals surface area contributed by atoms with Crippen LogP contribution in [0.15, 0.2) is 42.5 Å². The largest absolute Gasteiger partial charge is 0.487 e. The Bertz CT molecular complexity index is 1070. The van der Waals surface area contributed by atoms with Crippen LogP contribution in [-0.2, 0) is 4.74 Å². The van der Waals surface area contributed by atoms with E-state index in [0.29, 0.717) is 17.1 Å². The van der Waals surface area contributed by atoms with Crippen molar-refractivity contribution in [2.45, 2.75) is 57.0 Å². The lowest BCUT2D eigenvalue weighted by Crippen LogP contribution is -2.60. The van der Waals surface area contributed by atoms with Crippen molar-refractivity contribution >= 4 is 23.5 Å². The minimum atomic E-state index is -1.01. The summed E-state index contributed by atoms with van der Waals surface area (Å²) in [5.41, 5.74) is 1.19. The average Bonchev–Trinajstić information content (AvgIpc) is 2.78. The molecule has 3 aliphatic heterocycles. The quantitative estimate of drug-likeness (QED) is 0.692. The van der Waals surface area contributed by atoms with Gasteiger partial charge in [0, 0.05) is 28.6 Å². The maximum Gasteiger partial charge on any atom is 0.335 e. The Morgan fingerprint density at radius 1 is 1.12 bits per heavy atom. The number of carboxylic acids is 1. The number of fused-ring (bicyclic) bond motifs is 4. The fraction of sp³-hybridized carbons (Fsp3) is 0.440. The summed E-state index contributed by atoms with van der Waals surface area (Å²) >= 11 is 6.28. The second kappa shape index (κ2) is 7.78. The lowest BCUT2D eigenvalue weighted by Gasteiger charge is -2.54. The number of hydrogen-bond acceptors (Lipinski definition) is 4. The number of carbonyl (C=O) groups is 2. The molecule has 6 nitrogen and oxygen atoms in total. The van der Waals surface area contributed by atoms with E-state index in [1.54, 1.807) is 12.1 Å². The van der Waals surface area contributed by atoms with Gasteiger partial charge in [-0.05, 0) is 75.6 Å². The fourth-order valence-corrected chi connectivity index (χ4v) is 5.61. The molecule has 4 atom stereocenters. The Morgan fingerprint density at radius 2 is 1.84 bits per heavy atom. The van der Waals surface area contributed by atoms with Gasteiger partial charge in [0.1, 0.15) is 11.4 Å². The molecule has 1 amide bonds. The monoisotopic (exact) mass is 455 g/mol. The Kier molecular flexibility index (Phi) is 5.18. The standard InChI is InChI=1S/C25H26ClNO5/c1-25(2)18-13-19-21(31-22(18)17-12-16(26)9-10-20(17)32-25)4-3-11-27(19)23(28)14-5-7-15(8-6-14)24(29)30/h5-10,12,18-19,21-22H,3-4,11,13H2,1-2H3,(H,29,30)/t18-,19-,21-,22+/m0/s1. The van der Waals surface area contributed by atoms with E-state index in [-0.39, 0.29) is 35.6 Å². The van der Waals surface area contributed by atoms with Gasteiger partial charge in [0.25, 0.3) is 5.91 Å². The van der Waals surface area contributed by atoms with Gasteiger partial charge in [0.2, 0.25) is 0 Å². The van der Waals surface area contributed by atoms with Crippen molar-refractivity contribution in [3.8, 4) is 5.75 Å². The van der Waals surface area contributed by atoms with E-state index in [1.165, 1.54) is 12.1 Å². The third-order valence-corrected chi connectivity index (χ3v) is 7.32. The molecule has 1 N–H and O–H groups in total. The summed E-state index contributed by atoms with van der Waals surface area (Å²) in [5, 5.41) is 9.79. The average molecular weight is 456 g/mol. The lowest BCUT2D eigenvalue weighted by atomic mass is 9.72. The van der Waals surface area contributed by atoms with E-state index >= 15 is 0 Å². The summed E-state index contributed by atoms with van der Waals surface area (Å²) in [6.07, 6.45) is 2.34. The number of rotatable bonds is 2. The number of carbonyl (C=O) groups excluding carboxylic acids is 1. The van der Waals surface area contributed by atoms with Gasteiger partial charge in [-0.3, -0.25) is 4.79 Å². The number of benzene rings is 2. The van der Waals surface area contributed by atoms with Crippen LogP contribution in [-0.4, -0.2) is 46.2 Å². The normalized spacial score (nSPS) is 28.0. The molecule has 2 saturated heterocycles. The topological polar surface area (TPSA) is 76.1 Å². The van der Waals surface area contributed by atoms with Crippen molar-refractivity contribution in [3.63, 3.8) is 0 Å². The number of ether oxygens (including phenoxy) is 2. The molecule has 168 valence electrons. The molecule has 3 aliphatic rings. The van der Waals surface area contributed by atoms with Gasteiger partial charge in [0.05, 0.1) is 23.8 Å². The van der Waals surface area contributed by atoms with Crippen LogP contribution in [0.25, 0.3) is 0 Å². The Balaban J connectivity index is 1.44. The van der Waals surface area contributed by atoms with Gasteiger partial charge in [-0.15, -0.1) is 0 Å². The predicted octanol–water partition coefficient (Wildman–Crippen LogP) is 4.96. The zero-order valence-corrected chi connectivity index (χ0v) is 18.8. The molecular formula is C25H26ClNO5. The zero-order valence-electron chi connectivity index (χ0n) is 18.1. The number of hydrogen-bond donors (Lipinski definition) is 1. The lowest BCUT2D eigenvalue weighted by molar-refractivity contribution is -0.183. The van der Waals surface area contributed by atoms with Crippen molar-refractivity contribution in [1.82, 2.24) is 4.90 Å². The van der Waals surface area contributed by atoms with E-state index < -0.39 is 11.6 Å². The molecule has 0 unspecified atom stereocenters. The van der Waals surface area contributed by atoms with Crippen LogP contribution in [0.5, 0.6) is 5.75 Å². The highest BCUT2D eigenvalue weighted by molar-refractivity contribution is 6.30. The molecule has 0 spiro atoms. The van der Waals surface area contributed by atoms with Gasteiger partial charge >= 0.3 is 5.97 Å². The predicted molar refractivity (Wildman–Crippen MR) is 119 cm³/mol. The molecule has 2 aromatic rings. The fourth-order valence-electron chi connectivity index (χ4n) is 5.43. The van der Waals surface area contributed by atoms with Crippen molar-refractivity contribution in [3.05, 3.63) is 64.2 Å². The molecule has 0 radical (unpaired) electrons. The number of aromatic carboxylic acids is 1. The van der Waals surface area contributed by atoms with Crippen LogP contribution < -0.4 is 4.74 Å². The molecular weight excluding hydrogens is 430 g/mol. The minimum Gasteiger partial charge on any atom is -0.487 e. The maximum absolute atomic E-state index is 13.4. The second-order valence-corrected chi connectivity index (χ2v) is 9.85. The number of carboxylic acid groups (broad SMARTS) is 1. The number of halogens is 1. The minimum absolute atomic E-state index is 0.0553. The first-order chi connectivity index (χ1) is 15.2. The van der Waals surface area contributed by atoms with E-state index in [1.807, 2.05) is 23.1 Å². The van der Waals surface area contributed by atoms with Gasteiger partial charge in [-0.2, -0.15) is 0 Å². The van der Waals surface area contributed by atoms with Crippen molar-refractivity contribution in [2.75, 3.05) is 6.54 Å². The number of nitrogens with zero attached hydrogens (tertiary/aromatic N) is 1. The highest BCUT2D eigenvalue weighted by Gasteiger charge is 2.52. The van der Waals surface area contributed by atoms with Crippen molar-refractivity contribution in [2.24, 2.45) is 5.92 Å². The van der Waals surface area contributed by atoms with Crippen LogP contribution in [0.4, 0.5) is 0 Å². The molecule has 32 heavy (non-hydrogen) atoms. The Labute approximate surface area is 192 Å². The highest BCUT2D eigenvalue weighted by Crippen LogP contribution is 2.52. The molecule has 2 fully saturated rings. The first kappa shape index (κ1) is 21.3. The summed E-state index contributed by atoms with van der Waals surface area (Å²) in [5.74, 6) is -0.218. The van der Waals surface area contributed by atoms with Crippen molar-refractivity contribution in [1.29, 1.82) is 0 Å². The molecule has 0 saturated carbocycles. The SMILES string of the molecule is CC1(C)Oc2ccc(Cl)cc2[C@H]2O[C@H]3CCCN(C(=O)c4ccc(C(=O)O)cc4)[C@H]3C[C@@H]21. The molecule has 0 aliphatic carbocycles. The molecule has 2 aromatic carbocycles. The number of piperidine rings is 1. The highest BCUT2D eigenvalue weighted by atomic mass is 35.5. The third-order valence-electron chi connectivity index (χ3n) is 7.08. The molecule has 0 bridgehead atoms. The molecule has 0 aromatic heterocycles. The van der Waals surface area contributed by atoms with E-state index in [4.69, 9.17) is 26.2 Å². The van der Waals surface area contributed by atoms with Crippen molar-refractivity contribution < 1.29 is 24.2 Å². The summed E-state index contributed by atoms with van der Waals surface area (Å²) in [6, 6.07) is 11.7. The third kappa shape index (κ3) is 3.55. The van der Waals surface area contributed by atoms with Crippen LogP contribution in [0, 0.1) is 5.92 Å². The van der Waals surface area contributed by atoms with Gasteiger partial charge < -0.3 is 19.5 Å². The van der Waals surface area contributed by atoms with Gasteiger partial charge in [-0.25, -0.2) is 4.79 Å². The molecule has 5 rings (SSSR count). The van der Waals surface area contributed by atoms with Gasteiger partial charge in [0.15, 0.2) is 0 Å². The Hall–Kier alpha value is -2.57. The van der Waals surface area contributed by atoms with Crippen LogP contribution >= 0.6 is 11.6 Å². The van der Waals surface area contributed by atoms with E-state index in [2.05, 4.69) is 13.8 Å². The summed E-state index contributed by atoms with van der Waals surface area (Å²) < 4.78 is 13.0. The zero-order chi connectivity index (χ0) is 22.6. The number of amides is 1. The van der Waals surface area contributed by atoms with Gasteiger partial charge in [-0.1, -0.05) is 11.6 Å². The van der Waals surface area contributed by atoms with Crippen LogP contribution in [0.2, 0.25) is 5.02 Å². The summed E-state index contributed by atoms with van der Waals surface area (Å²) in [7, 11) is 0. The Morgan fingerprint density at radius 3 is 2.56 bits per heavy atom. The van der Waals surface area contributed by atoms with E-state index in [9.17, 15) is 9.59 Å². The summed E-state index contributed by atoms with van der Waals surface area (Å²) in [4.78, 5) is 26.4. The second-order valence-electron chi connectivity index (χ2n) is 9.42. The molecule has 7 heteroatoms. The molecule has 3 heterocycles. The smallest absolute Gasteiger partial charge is 0.335 e. The first-order valence-corrected chi connectivity index (χ1v) is 11.4. The van der Waals surface area contributed by atoms with Crippen LogP contribution in [0.1, 0.15) is 65.5 Å². The number of likely N-dealkylation sites (tertiary alicyclic amines) is 1. The summed E-state index contributed by atoms with van der Waals surface area (Å²) in [6.45, 7) is 4.81. The maximum atomic E-state index is 13.4. The first-order valence-electron chi connectivity index (χ1n) is 11.0. The van der Waals surface area contributed by atoms with E-state index in [0.717, 1.165) is 30.6 Å². The van der Waals surface area contributed by atoms with Crippen LogP contribution in [0.3, 0.4) is 0 Å².